The molecule has 27 heavy (non-hydrogen) atoms. The molecule has 0 radical (unpaired) electrons. The van der Waals surface area contributed by atoms with E-state index in [0.717, 1.165) is 22.6 Å². The van der Waals surface area contributed by atoms with Gasteiger partial charge in [-0.2, -0.15) is 0 Å². The van der Waals surface area contributed by atoms with E-state index in [0.29, 0.717) is 12.2 Å². The molecular formula is C22H27NO4. The molecule has 0 fully saturated rings. The van der Waals surface area contributed by atoms with Gasteiger partial charge in [0.15, 0.2) is 6.61 Å². The van der Waals surface area contributed by atoms with Crippen molar-refractivity contribution in [2.45, 2.75) is 45.8 Å². The molecule has 1 heterocycles. The number of amides is 1. The predicted molar refractivity (Wildman–Crippen MR) is 105 cm³/mol. The van der Waals surface area contributed by atoms with Gasteiger partial charge in [-0.1, -0.05) is 6.07 Å². The van der Waals surface area contributed by atoms with Crippen LogP contribution in [-0.4, -0.2) is 25.2 Å². The smallest absolute Gasteiger partial charge is 0.258 e. The first-order chi connectivity index (χ1) is 12.8. The standard InChI is InChI=1S/C22H27NO4/c1-14-6-7-17(10-15(14)2)26-13-21(24)23-19-12-22(3,4)27-20-11-16(25-5)8-9-18(19)20/h6-11,19H,12-13H2,1-5H3,(H,23,24)/t19-/m0/s1. The van der Waals surface area contributed by atoms with E-state index >= 15 is 0 Å². The molecule has 2 aromatic carbocycles. The van der Waals surface area contributed by atoms with Crippen LogP contribution in [0.4, 0.5) is 0 Å². The van der Waals surface area contributed by atoms with Crippen molar-refractivity contribution >= 4 is 5.91 Å². The van der Waals surface area contributed by atoms with Crippen LogP contribution in [0.3, 0.4) is 0 Å². The normalized spacial score (nSPS) is 17.4. The number of nitrogens with one attached hydrogen (secondary N) is 1. The van der Waals surface area contributed by atoms with Crippen LogP contribution < -0.4 is 19.5 Å². The third-order valence-electron chi connectivity index (χ3n) is 4.86. The third kappa shape index (κ3) is 4.54. The Labute approximate surface area is 160 Å². The number of methoxy groups -OCH3 is 1. The summed E-state index contributed by atoms with van der Waals surface area (Å²) in [6.45, 7) is 8.08. The monoisotopic (exact) mass is 369 g/mol. The highest BCUT2D eigenvalue weighted by Gasteiger charge is 2.34. The minimum Gasteiger partial charge on any atom is -0.497 e. The number of aryl methyl sites for hydroxylation is 2. The first-order valence-electron chi connectivity index (χ1n) is 9.14. The minimum atomic E-state index is -0.383. The second kappa shape index (κ2) is 7.51. The van der Waals surface area contributed by atoms with E-state index in [1.54, 1.807) is 7.11 Å². The van der Waals surface area contributed by atoms with Crippen LogP contribution in [-0.2, 0) is 4.79 Å². The van der Waals surface area contributed by atoms with Crippen molar-refractivity contribution in [2.24, 2.45) is 0 Å². The summed E-state index contributed by atoms with van der Waals surface area (Å²) in [6, 6.07) is 11.4. The van der Waals surface area contributed by atoms with E-state index in [4.69, 9.17) is 14.2 Å². The highest BCUT2D eigenvalue weighted by Crippen LogP contribution is 2.41. The fourth-order valence-corrected chi connectivity index (χ4v) is 3.28. The largest absolute Gasteiger partial charge is 0.497 e. The Morgan fingerprint density at radius 2 is 1.89 bits per heavy atom. The van der Waals surface area contributed by atoms with Crippen LogP contribution in [0, 0.1) is 13.8 Å². The molecule has 3 rings (SSSR count). The molecule has 1 atom stereocenters. The van der Waals surface area contributed by atoms with Crippen molar-refractivity contribution in [2.75, 3.05) is 13.7 Å². The molecule has 1 N–H and O–H groups in total. The molecule has 0 saturated heterocycles. The maximum atomic E-state index is 12.5. The molecule has 0 spiro atoms. The summed E-state index contributed by atoms with van der Waals surface area (Å²) in [5.41, 5.74) is 2.91. The number of benzene rings is 2. The maximum absolute atomic E-state index is 12.5. The number of ether oxygens (including phenoxy) is 3. The van der Waals surface area contributed by atoms with Crippen LogP contribution in [0.15, 0.2) is 36.4 Å². The molecule has 2 aromatic rings. The second-order valence-corrected chi connectivity index (χ2v) is 7.62. The van der Waals surface area contributed by atoms with E-state index in [1.165, 1.54) is 5.56 Å². The summed E-state index contributed by atoms with van der Waals surface area (Å²) in [7, 11) is 1.62. The van der Waals surface area contributed by atoms with Crippen LogP contribution in [0.1, 0.15) is 43.0 Å². The molecule has 5 nitrogen and oxygen atoms in total. The Balaban J connectivity index is 1.69. The molecule has 0 aromatic heterocycles. The molecular weight excluding hydrogens is 342 g/mol. The Kier molecular flexibility index (Phi) is 5.31. The van der Waals surface area contributed by atoms with Gasteiger partial charge in [-0.25, -0.2) is 0 Å². The summed E-state index contributed by atoms with van der Waals surface area (Å²) in [5, 5.41) is 3.08. The van der Waals surface area contributed by atoms with Gasteiger partial charge in [0.1, 0.15) is 22.8 Å². The fraction of sp³-hybridized carbons (Fsp3) is 0.409. The summed E-state index contributed by atoms with van der Waals surface area (Å²) in [6.07, 6.45) is 0.682. The van der Waals surface area contributed by atoms with Crippen LogP contribution >= 0.6 is 0 Å². The average Bonchev–Trinajstić information content (AvgIpc) is 2.61. The van der Waals surface area contributed by atoms with Gasteiger partial charge in [-0.05, 0) is 63.1 Å². The topological polar surface area (TPSA) is 56.8 Å². The summed E-state index contributed by atoms with van der Waals surface area (Å²) < 4.78 is 17.0. The van der Waals surface area contributed by atoms with Gasteiger partial charge in [-0.15, -0.1) is 0 Å². The van der Waals surface area contributed by atoms with Crippen molar-refractivity contribution in [1.82, 2.24) is 5.32 Å². The lowest BCUT2D eigenvalue weighted by molar-refractivity contribution is -0.124. The van der Waals surface area contributed by atoms with Crippen LogP contribution in [0.5, 0.6) is 17.2 Å². The lowest BCUT2D eigenvalue weighted by Gasteiger charge is -2.38. The number of hydrogen-bond donors (Lipinski definition) is 1. The van der Waals surface area contributed by atoms with Crippen molar-refractivity contribution < 1.29 is 19.0 Å². The van der Waals surface area contributed by atoms with E-state index in [2.05, 4.69) is 5.32 Å². The number of fused-ring (bicyclic) bond motifs is 1. The zero-order valence-electron chi connectivity index (χ0n) is 16.6. The van der Waals surface area contributed by atoms with Gasteiger partial charge >= 0.3 is 0 Å². The van der Waals surface area contributed by atoms with Crippen molar-refractivity contribution in [3.05, 3.63) is 53.1 Å². The molecule has 5 heteroatoms. The highest BCUT2D eigenvalue weighted by atomic mass is 16.5. The zero-order valence-corrected chi connectivity index (χ0v) is 16.6. The predicted octanol–water partition coefficient (Wildman–Crippen LogP) is 4.11. The van der Waals surface area contributed by atoms with E-state index in [-0.39, 0.29) is 24.2 Å². The Bertz CT molecular complexity index is 844. The van der Waals surface area contributed by atoms with Gasteiger partial charge in [0, 0.05) is 18.1 Å². The van der Waals surface area contributed by atoms with Crippen molar-refractivity contribution in [1.29, 1.82) is 0 Å². The summed E-state index contributed by atoms with van der Waals surface area (Å²) >= 11 is 0. The Morgan fingerprint density at radius 1 is 1.15 bits per heavy atom. The number of carbonyl (C=O) groups excluding carboxylic acids is 1. The van der Waals surface area contributed by atoms with Gasteiger partial charge in [0.25, 0.3) is 5.91 Å². The minimum absolute atomic E-state index is 0.0220. The van der Waals surface area contributed by atoms with Crippen molar-refractivity contribution in [3.63, 3.8) is 0 Å². The van der Waals surface area contributed by atoms with Crippen molar-refractivity contribution in [3.8, 4) is 17.2 Å². The number of carbonyl (C=O) groups is 1. The zero-order chi connectivity index (χ0) is 19.6. The summed E-state index contributed by atoms with van der Waals surface area (Å²) in [5.74, 6) is 2.02. The van der Waals surface area contributed by atoms with Gasteiger partial charge in [0.2, 0.25) is 0 Å². The molecule has 0 bridgehead atoms. The molecule has 0 aliphatic carbocycles. The van der Waals surface area contributed by atoms with E-state index in [9.17, 15) is 4.79 Å². The molecule has 1 aliphatic heterocycles. The van der Waals surface area contributed by atoms with Gasteiger partial charge in [-0.3, -0.25) is 4.79 Å². The van der Waals surface area contributed by atoms with Crippen LogP contribution in [0.25, 0.3) is 0 Å². The van der Waals surface area contributed by atoms with Crippen LogP contribution in [0.2, 0.25) is 0 Å². The molecule has 0 unspecified atom stereocenters. The highest BCUT2D eigenvalue weighted by molar-refractivity contribution is 5.78. The number of hydrogen-bond acceptors (Lipinski definition) is 4. The Morgan fingerprint density at radius 3 is 2.59 bits per heavy atom. The lowest BCUT2D eigenvalue weighted by atomic mass is 9.89. The molecule has 144 valence electrons. The average molecular weight is 369 g/mol. The summed E-state index contributed by atoms with van der Waals surface area (Å²) in [4.78, 5) is 12.5. The fourth-order valence-electron chi connectivity index (χ4n) is 3.28. The van der Waals surface area contributed by atoms with E-state index in [1.807, 2.05) is 64.1 Å². The molecule has 1 amide bonds. The SMILES string of the molecule is COc1ccc2c(c1)OC(C)(C)C[C@@H]2NC(=O)COc1ccc(C)c(C)c1. The second-order valence-electron chi connectivity index (χ2n) is 7.62. The first kappa shape index (κ1) is 19.1. The van der Waals surface area contributed by atoms with Gasteiger partial charge in [0.05, 0.1) is 13.2 Å². The Hall–Kier alpha value is -2.69. The quantitative estimate of drug-likeness (QED) is 0.862. The third-order valence-corrected chi connectivity index (χ3v) is 4.86. The lowest BCUT2D eigenvalue weighted by Crippen LogP contribution is -2.42. The molecule has 1 aliphatic rings. The first-order valence-corrected chi connectivity index (χ1v) is 9.14. The molecule has 0 saturated carbocycles. The maximum Gasteiger partial charge on any atom is 0.258 e. The number of rotatable bonds is 5. The van der Waals surface area contributed by atoms with Gasteiger partial charge < -0.3 is 19.5 Å². The van der Waals surface area contributed by atoms with E-state index < -0.39 is 0 Å².